The summed E-state index contributed by atoms with van der Waals surface area (Å²) in [6, 6.07) is 6.31. The molecule has 30 heavy (non-hydrogen) atoms. The van der Waals surface area contributed by atoms with Gasteiger partial charge in [0.1, 0.15) is 17.5 Å². The monoisotopic (exact) mass is 412 g/mol. The maximum atomic E-state index is 6.42. The Bertz CT molecular complexity index is 820. The molecule has 1 aromatic heterocycles. The third kappa shape index (κ3) is 5.74. The molecule has 2 aromatic rings. The van der Waals surface area contributed by atoms with Crippen molar-refractivity contribution < 1.29 is 9.47 Å². The van der Waals surface area contributed by atoms with Crippen LogP contribution in [0.15, 0.2) is 18.2 Å². The van der Waals surface area contributed by atoms with Crippen molar-refractivity contribution in [3.63, 3.8) is 0 Å². The predicted molar refractivity (Wildman–Crippen MR) is 125 cm³/mol. The molecule has 0 N–H and O–H groups in total. The molecule has 1 aromatic carbocycles. The predicted octanol–water partition coefficient (Wildman–Crippen LogP) is 6.68. The molecular weight excluding hydrogens is 372 g/mol. The molecule has 1 heterocycles. The minimum Gasteiger partial charge on any atom is -0.491 e. The van der Waals surface area contributed by atoms with Gasteiger partial charge in [-0.25, -0.2) is 9.97 Å². The van der Waals surface area contributed by atoms with Gasteiger partial charge in [0.2, 0.25) is 5.88 Å². The number of nitrogens with zero attached hydrogens (tertiary/aromatic N) is 2. The van der Waals surface area contributed by atoms with Crippen LogP contribution in [0.3, 0.4) is 0 Å². The third-order valence-electron chi connectivity index (χ3n) is 5.32. The van der Waals surface area contributed by atoms with Crippen LogP contribution < -0.4 is 9.47 Å². The highest BCUT2D eigenvalue weighted by Crippen LogP contribution is 2.32. The highest BCUT2D eigenvalue weighted by molar-refractivity contribution is 5.67. The summed E-state index contributed by atoms with van der Waals surface area (Å²) in [6.45, 7) is 19.3. The lowest BCUT2D eigenvalue weighted by Gasteiger charge is -2.27. The van der Waals surface area contributed by atoms with Crippen molar-refractivity contribution in [2.45, 2.75) is 93.8 Å². The first-order valence-corrected chi connectivity index (χ1v) is 11.6. The van der Waals surface area contributed by atoms with E-state index in [9.17, 15) is 0 Å². The number of rotatable bonds is 10. The van der Waals surface area contributed by atoms with Crippen LogP contribution in [0.2, 0.25) is 0 Å². The van der Waals surface area contributed by atoms with Gasteiger partial charge >= 0.3 is 0 Å². The Morgan fingerprint density at radius 2 is 1.40 bits per heavy atom. The van der Waals surface area contributed by atoms with Gasteiger partial charge in [-0.1, -0.05) is 48.5 Å². The van der Waals surface area contributed by atoms with Gasteiger partial charge in [0, 0.05) is 5.56 Å². The Balaban J connectivity index is 2.54. The van der Waals surface area contributed by atoms with Crippen LogP contribution in [0.4, 0.5) is 0 Å². The van der Waals surface area contributed by atoms with Gasteiger partial charge in [0.25, 0.3) is 0 Å². The maximum absolute atomic E-state index is 6.42. The quantitative estimate of drug-likeness (QED) is 0.437. The maximum Gasteiger partial charge on any atom is 0.236 e. The van der Waals surface area contributed by atoms with Gasteiger partial charge in [-0.15, -0.1) is 0 Å². The topological polar surface area (TPSA) is 44.2 Å². The number of aryl methyl sites for hydroxylation is 3. The van der Waals surface area contributed by atoms with E-state index in [1.807, 2.05) is 19.9 Å². The Morgan fingerprint density at radius 3 is 1.90 bits per heavy atom. The number of ether oxygens (including phenoxy) is 2. The summed E-state index contributed by atoms with van der Waals surface area (Å²) in [6.07, 6.45) is 2.80. The molecule has 2 rings (SSSR count). The van der Waals surface area contributed by atoms with Gasteiger partial charge in [0.15, 0.2) is 0 Å². The first-order valence-electron chi connectivity index (χ1n) is 11.6. The van der Waals surface area contributed by atoms with E-state index in [1.165, 1.54) is 5.56 Å². The van der Waals surface area contributed by atoms with Crippen molar-refractivity contribution in [1.29, 1.82) is 0 Å². The molecule has 0 atom stereocenters. The number of aromatic nitrogens is 2. The Labute approximate surface area is 183 Å². The van der Waals surface area contributed by atoms with Crippen LogP contribution in [0, 0.1) is 11.8 Å². The van der Waals surface area contributed by atoms with Crippen molar-refractivity contribution in [3.8, 4) is 22.9 Å². The minimum atomic E-state index is 0.124. The number of hydrogen-bond donors (Lipinski definition) is 0. The second-order valence-corrected chi connectivity index (χ2v) is 8.89. The average molecular weight is 413 g/mol. The standard InChI is InChI=1S/C26H40N2O2/c1-10-19-15-20(29-18(8)9)13-14-21(19)24-22(11-2)28-26(23(12-3)27-24)30-25(16(4)5)17(6)7/h13-18,25H,10-12H2,1-9H3. The second kappa shape index (κ2) is 10.8. The van der Waals surface area contributed by atoms with E-state index in [4.69, 9.17) is 19.4 Å². The molecular formula is C26H40N2O2. The molecule has 0 saturated heterocycles. The van der Waals surface area contributed by atoms with Crippen LogP contribution in [0.1, 0.15) is 79.3 Å². The normalized spacial score (nSPS) is 11.8. The lowest BCUT2D eigenvalue weighted by Crippen LogP contribution is -2.30. The smallest absolute Gasteiger partial charge is 0.236 e. The van der Waals surface area contributed by atoms with Gasteiger partial charge in [-0.05, 0) is 68.7 Å². The summed E-state index contributed by atoms with van der Waals surface area (Å²) in [4.78, 5) is 10.0. The van der Waals surface area contributed by atoms with Crippen molar-refractivity contribution >= 4 is 0 Å². The molecule has 0 saturated carbocycles. The van der Waals surface area contributed by atoms with E-state index in [2.05, 4.69) is 60.6 Å². The van der Waals surface area contributed by atoms with Gasteiger partial charge in [-0.3, -0.25) is 0 Å². The average Bonchev–Trinajstić information content (AvgIpc) is 2.70. The highest BCUT2D eigenvalue weighted by atomic mass is 16.5. The summed E-state index contributed by atoms with van der Waals surface area (Å²) in [7, 11) is 0. The zero-order valence-electron chi connectivity index (χ0n) is 20.4. The van der Waals surface area contributed by atoms with E-state index >= 15 is 0 Å². The Morgan fingerprint density at radius 1 is 0.767 bits per heavy atom. The highest BCUT2D eigenvalue weighted by Gasteiger charge is 2.23. The number of hydrogen-bond acceptors (Lipinski definition) is 4. The molecule has 0 bridgehead atoms. The van der Waals surface area contributed by atoms with Crippen molar-refractivity contribution in [1.82, 2.24) is 9.97 Å². The Kier molecular flexibility index (Phi) is 8.69. The van der Waals surface area contributed by atoms with Gasteiger partial charge in [0.05, 0.1) is 17.5 Å². The zero-order chi connectivity index (χ0) is 22.4. The van der Waals surface area contributed by atoms with E-state index in [0.29, 0.717) is 17.7 Å². The van der Waals surface area contributed by atoms with Crippen molar-refractivity contribution in [2.75, 3.05) is 0 Å². The van der Waals surface area contributed by atoms with Crippen LogP contribution in [0.25, 0.3) is 11.3 Å². The molecule has 4 heteroatoms. The van der Waals surface area contributed by atoms with Crippen molar-refractivity contribution in [3.05, 3.63) is 35.2 Å². The lowest BCUT2D eigenvalue weighted by atomic mass is 9.96. The molecule has 0 unspecified atom stereocenters. The molecule has 0 radical (unpaired) electrons. The summed E-state index contributed by atoms with van der Waals surface area (Å²) in [5, 5.41) is 0. The van der Waals surface area contributed by atoms with Gasteiger partial charge in [-0.2, -0.15) is 0 Å². The summed E-state index contributed by atoms with van der Waals surface area (Å²) in [5.41, 5.74) is 5.26. The molecule has 0 fully saturated rings. The minimum absolute atomic E-state index is 0.124. The van der Waals surface area contributed by atoms with Crippen molar-refractivity contribution in [2.24, 2.45) is 11.8 Å². The van der Waals surface area contributed by atoms with E-state index in [-0.39, 0.29) is 12.2 Å². The second-order valence-electron chi connectivity index (χ2n) is 8.89. The molecule has 0 amide bonds. The van der Waals surface area contributed by atoms with Gasteiger partial charge < -0.3 is 9.47 Å². The first kappa shape index (κ1) is 24.2. The Hall–Kier alpha value is -2.10. The molecule has 166 valence electrons. The summed E-state index contributed by atoms with van der Waals surface area (Å²) < 4.78 is 12.3. The van der Waals surface area contributed by atoms with Crippen LogP contribution in [-0.4, -0.2) is 22.2 Å². The third-order valence-corrected chi connectivity index (χ3v) is 5.32. The zero-order valence-corrected chi connectivity index (χ0v) is 20.4. The SMILES string of the molecule is CCc1cc(OC(C)C)ccc1-c1nc(CC)c(OC(C(C)C)C(C)C)nc1CC. The fraction of sp³-hybridized carbons (Fsp3) is 0.615. The summed E-state index contributed by atoms with van der Waals surface area (Å²) in [5.74, 6) is 2.44. The summed E-state index contributed by atoms with van der Waals surface area (Å²) >= 11 is 0. The van der Waals surface area contributed by atoms with Crippen LogP contribution in [-0.2, 0) is 19.3 Å². The molecule has 0 aliphatic heterocycles. The molecule has 0 aliphatic carbocycles. The van der Waals surface area contributed by atoms with E-state index in [0.717, 1.165) is 47.7 Å². The van der Waals surface area contributed by atoms with E-state index in [1.54, 1.807) is 0 Å². The fourth-order valence-electron chi connectivity index (χ4n) is 3.88. The fourth-order valence-corrected chi connectivity index (χ4v) is 3.88. The molecule has 0 spiro atoms. The largest absolute Gasteiger partial charge is 0.491 e. The number of benzene rings is 1. The van der Waals surface area contributed by atoms with Crippen LogP contribution >= 0.6 is 0 Å². The van der Waals surface area contributed by atoms with Crippen LogP contribution in [0.5, 0.6) is 11.6 Å². The first-order chi connectivity index (χ1) is 14.2. The lowest BCUT2D eigenvalue weighted by molar-refractivity contribution is 0.0976. The molecule has 0 aliphatic rings. The van der Waals surface area contributed by atoms with E-state index < -0.39 is 0 Å². The molecule has 4 nitrogen and oxygen atoms in total.